The van der Waals surface area contributed by atoms with Gasteiger partial charge in [0, 0.05) is 13.2 Å². The maximum Gasteiger partial charge on any atom is 0.328 e. The van der Waals surface area contributed by atoms with Gasteiger partial charge in [-0.3, -0.25) is 4.72 Å². The largest absolute Gasteiger partial charge is 0.478 e. The van der Waals surface area contributed by atoms with Crippen LogP contribution in [0.1, 0.15) is 5.56 Å². The third kappa shape index (κ3) is 5.37. The summed E-state index contributed by atoms with van der Waals surface area (Å²) in [4.78, 5) is 10.3. The highest BCUT2D eigenvalue weighted by Crippen LogP contribution is 2.18. The molecule has 1 rings (SSSR count). The van der Waals surface area contributed by atoms with E-state index in [1.807, 2.05) is 0 Å². The third-order valence-corrected chi connectivity index (χ3v) is 3.47. The van der Waals surface area contributed by atoms with E-state index in [0.717, 1.165) is 12.1 Å². The number of hydrogen-bond donors (Lipinski definition) is 2. The number of halogens is 1. The summed E-state index contributed by atoms with van der Waals surface area (Å²) in [7, 11) is -2.32. The molecule has 0 radical (unpaired) electrons. The maximum absolute atomic E-state index is 13.7. The summed E-state index contributed by atoms with van der Waals surface area (Å²) in [6.45, 7) is -0.00359. The Hall–Kier alpha value is -1.93. The molecule has 6 nitrogen and oxygen atoms in total. The van der Waals surface area contributed by atoms with Crippen LogP contribution < -0.4 is 4.72 Å². The molecule has 2 N–H and O–H groups in total. The van der Waals surface area contributed by atoms with Crippen molar-refractivity contribution in [3.05, 3.63) is 35.7 Å². The van der Waals surface area contributed by atoms with E-state index in [2.05, 4.69) is 9.46 Å². The Labute approximate surface area is 115 Å². The molecule has 8 heteroatoms. The average molecular weight is 303 g/mol. The summed E-state index contributed by atoms with van der Waals surface area (Å²) in [5.41, 5.74) is 0.110. The van der Waals surface area contributed by atoms with Gasteiger partial charge in [-0.2, -0.15) is 0 Å². The topological polar surface area (TPSA) is 92.7 Å². The highest BCUT2D eigenvalue weighted by molar-refractivity contribution is 7.92. The molecule has 0 spiro atoms. The standard InChI is InChI=1S/C12H14FNO5S/c1-19-6-7-20(17,18)14-11-4-2-9(8-10(11)13)3-5-12(15)16/h2-5,8,14H,6-7H2,1H3,(H,15,16). The number of carbonyl (C=O) groups is 1. The molecule has 0 saturated carbocycles. The van der Waals surface area contributed by atoms with Crippen molar-refractivity contribution in [2.75, 3.05) is 24.2 Å². The van der Waals surface area contributed by atoms with Gasteiger partial charge in [-0.25, -0.2) is 17.6 Å². The molecule has 0 aliphatic carbocycles. The van der Waals surface area contributed by atoms with Crippen LogP contribution in [0.5, 0.6) is 0 Å². The number of hydrogen-bond acceptors (Lipinski definition) is 4. The normalized spacial score (nSPS) is 11.7. The van der Waals surface area contributed by atoms with Crippen LogP contribution in [0.15, 0.2) is 24.3 Å². The molecule has 0 aromatic heterocycles. The lowest BCUT2D eigenvalue weighted by atomic mass is 10.2. The Morgan fingerprint density at radius 3 is 2.75 bits per heavy atom. The molecule has 0 unspecified atom stereocenters. The molecule has 110 valence electrons. The first-order valence-electron chi connectivity index (χ1n) is 5.54. The van der Waals surface area contributed by atoms with Crippen molar-refractivity contribution in [2.24, 2.45) is 0 Å². The van der Waals surface area contributed by atoms with E-state index in [1.165, 1.54) is 25.3 Å². The fourth-order valence-electron chi connectivity index (χ4n) is 1.30. The first kappa shape index (κ1) is 16.1. The van der Waals surface area contributed by atoms with Crippen molar-refractivity contribution < 1.29 is 27.4 Å². The average Bonchev–Trinajstić information content (AvgIpc) is 2.37. The van der Waals surface area contributed by atoms with E-state index in [-0.39, 0.29) is 18.0 Å². The van der Waals surface area contributed by atoms with E-state index >= 15 is 0 Å². The van der Waals surface area contributed by atoms with Crippen LogP contribution >= 0.6 is 0 Å². The Morgan fingerprint density at radius 2 is 2.20 bits per heavy atom. The molecular weight excluding hydrogens is 289 g/mol. The van der Waals surface area contributed by atoms with E-state index in [0.29, 0.717) is 5.56 Å². The lowest BCUT2D eigenvalue weighted by molar-refractivity contribution is -0.131. The van der Waals surface area contributed by atoms with Crippen molar-refractivity contribution >= 4 is 27.8 Å². The first-order chi connectivity index (χ1) is 9.34. The lowest BCUT2D eigenvalue weighted by Gasteiger charge is -2.08. The van der Waals surface area contributed by atoms with Gasteiger partial charge in [0.05, 0.1) is 18.0 Å². The van der Waals surface area contributed by atoms with Crippen molar-refractivity contribution in [1.82, 2.24) is 0 Å². The van der Waals surface area contributed by atoms with E-state index in [9.17, 15) is 17.6 Å². The number of ether oxygens (including phenoxy) is 1. The second kappa shape index (κ2) is 7.01. The summed E-state index contributed by atoms with van der Waals surface area (Å²) in [6.07, 6.45) is 2.06. The van der Waals surface area contributed by atoms with Crippen molar-refractivity contribution in [2.45, 2.75) is 0 Å². The fraction of sp³-hybridized carbons (Fsp3) is 0.250. The molecular formula is C12H14FNO5S. The maximum atomic E-state index is 13.7. The molecule has 0 amide bonds. The number of anilines is 1. The van der Waals surface area contributed by atoms with Gasteiger partial charge in [0.25, 0.3) is 0 Å². The van der Waals surface area contributed by atoms with Gasteiger partial charge in [-0.1, -0.05) is 6.07 Å². The highest BCUT2D eigenvalue weighted by Gasteiger charge is 2.13. The molecule has 0 bridgehead atoms. The van der Waals surface area contributed by atoms with Crippen LogP contribution in [0, 0.1) is 5.82 Å². The Bertz CT molecular complexity index is 612. The van der Waals surface area contributed by atoms with Crippen LogP contribution in [-0.4, -0.2) is 39.0 Å². The number of benzene rings is 1. The molecule has 1 aromatic rings. The molecule has 0 fully saturated rings. The van der Waals surface area contributed by atoms with E-state index < -0.39 is 21.8 Å². The second-order valence-corrected chi connectivity index (χ2v) is 5.67. The molecule has 1 aromatic carbocycles. The zero-order valence-electron chi connectivity index (χ0n) is 10.7. The minimum atomic E-state index is -3.68. The van der Waals surface area contributed by atoms with Gasteiger partial charge in [0.2, 0.25) is 10.0 Å². The van der Waals surface area contributed by atoms with Gasteiger partial charge in [-0.15, -0.1) is 0 Å². The zero-order valence-corrected chi connectivity index (χ0v) is 11.5. The number of sulfonamides is 1. The number of rotatable bonds is 7. The number of carboxylic acid groups (broad SMARTS) is 1. The van der Waals surface area contributed by atoms with Crippen LogP contribution in [0.2, 0.25) is 0 Å². The molecule has 0 aliphatic rings. The van der Waals surface area contributed by atoms with Crippen molar-refractivity contribution in [3.8, 4) is 0 Å². The predicted octanol–water partition coefficient (Wildman–Crippen LogP) is 1.31. The van der Waals surface area contributed by atoms with Crippen molar-refractivity contribution in [1.29, 1.82) is 0 Å². The lowest BCUT2D eigenvalue weighted by Crippen LogP contribution is -2.20. The van der Waals surface area contributed by atoms with E-state index in [1.54, 1.807) is 0 Å². The van der Waals surface area contributed by atoms with Gasteiger partial charge >= 0.3 is 5.97 Å². The molecule has 0 heterocycles. The van der Waals surface area contributed by atoms with Crippen LogP contribution in [0.4, 0.5) is 10.1 Å². The first-order valence-corrected chi connectivity index (χ1v) is 7.19. The fourth-order valence-corrected chi connectivity index (χ4v) is 2.29. The predicted molar refractivity (Wildman–Crippen MR) is 72.4 cm³/mol. The van der Waals surface area contributed by atoms with Gasteiger partial charge in [0.15, 0.2) is 0 Å². The van der Waals surface area contributed by atoms with Crippen molar-refractivity contribution in [3.63, 3.8) is 0 Å². The second-order valence-electron chi connectivity index (χ2n) is 3.82. The Balaban J connectivity index is 2.86. The minimum Gasteiger partial charge on any atom is -0.478 e. The highest BCUT2D eigenvalue weighted by atomic mass is 32.2. The number of nitrogens with one attached hydrogen (secondary N) is 1. The zero-order chi connectivity index (χ0) is 15.2. The smallest absolute Gasteiger partial charge is 0.328 e. The summed E-state index contributed by atoms with van der Waals surface area (Å²) in [5.74, 6) is -2.24. The summed E-state index contributed by atoms with van der Waals surface area (Å²) in [5, 5.41) is 8.45. The monoisotopic (exact) mass is 303 g/mol. The minimum absolute atomic E-state index is 0.00359. The third-order valence-electron chi connectivity index (χ3n) is 2.23. The van der Waals surface area contributed by atoms with E-state index in [4.69, 9.17) is 5.11 Å². The van der Waals surface area contributed by atoms with Gasteiger partial charge < -0.3 is 9.84 Å². The number of aliphatic carboxylic acids is 1. The Kier molecular flexibility index (Phi) is 5.66. The number of carboxylic acids is 1. The van der Waals surface area contributed by atoms with Crippen LogP contribution in [-0.2, 0) is 19.6 Å². The summed E-state index contributed by atoms with van der Waals surface area (Å²) in [6, 6.07) is 3.66. The number of methoxy groups -OCH3 is 1. The molecule has 0 saturated heterocycles. The van der Waals surface area contributed by atoms with Crippen LogP contribution in [0.3, 0.4) is 0 Å². The quantitative estimate of drug-likeness (QED) is 0.741. The SMILES string of the molecule is COCCS(=O)(=O)Nc1ccc(C=CC(=O)O)cc1F. The summed E-state index contributed by atoms with van der Waals surface area (Å²) >= 11 is 0. The Morgan fingerprint density at radius 1 is 1.50 bits per heavy atom. The van der Waals surface area contributed by atoms with Crippen LogP contribution in [0.25, 0.3) is 6.08 Å². The van der Waals surface area contributed by atoms with Gasteiger partial charge in [-0.05, 0) is 23.8 Å². The molecule has 0 atom stereocenters. The van der Waals surface area contributed by atoms with Gasteiger partial charge in [0.1, 0.15) is 5.82 Å². The molecule has 20 heavy (non-hydrogen) atoms. The summed E-state index contributed by atoms with van der Waals surface area (Å²) < 4.78 is 43.5. The molecule has 0 aliphatic heterocycles.